The van der Waals surface area contributed by atoms with Crippen LogP contribution >= 0.6 is 11.6 Å². The predicted octanol–water partition coefficient (Wildman–Crippen LogP) is 2.85. The van der Waals surface area contributed by atoms with Crippen LogP contribution in [-0.2, 0) is 0 Å². The summed E-state index contributed by atoms with van der Waals surface area (Å²) in [5, 5.41) is 11.5. The fraction of sp³-hybridized carbons (Fsp3) is 0.167. The van der Waals surface area contributed by atoms with Crippen molar-refractivity contribution in [3.8, 4) is 23.3 Å². The molecule has 1 aromatic carbocycles. The van der Waals surface area contributed by atoms with Crippen LogP contribution in [0.2, 0.25) is 5.02 Å². The van der Waals surface area contributed by atoms with Gasteiger partial charge >= 0.3 is 17.4 Å². The van der Waals surface area contributed by atoms with Gasteiger partial charge in [0.1, 0.15) is 17.8 Å². The van der Waals surface area contributed by atoms with E-state index in [2.05, 4.69) is 9.97 Å². The zero-order valence-electron chi connectivity index (χ0n) is 11.1. The molecule has 0 spiro atoms. The number of benzene rings is 1. The Balaban J connectivity index is 2.42. The van der Waals surface area contributed by atoms with Gasteiger partial charge < -0.3 is 14.2 Å². The molecule has 21 heavy (non-hydrogen) atoms. The maximum atomic E-state index is 11.1. The van der Waals surface area contributed by atoms with Crippen molar-refractivity contribution in [2.45, 2.75) is 0 Å². The lowest BCUT2D eigenvalue weighted by Gasteiger charge is -2.08. The van der Waals surface area contributed by atoms with E-state index in [1.165, 1.54) is 26.4 Å². The molecule has 0 saturated carbocycles. The Morgan fingerprint density at radius 1 is 1.19 bits per heavy atom. The van der Waals surface area contributed by atoms with Crippen molar-refractivity contribution in [1.82, 2.24) is 9.97 Å². The molecule has 0 unspecified atom stereocenters. The summed E-state index contributed by atoms with van der Waals surface area (Å²) in [6, 6.07) is 4.56. The third kappa shape index (κ3) is 3.11. The topological polar surface area (TPSA) is 96.6 Å². The van der Waals surface area contributed by atoms with Crippen molar-refractivity contribution in [3.63, 3.8) is 0 Å². The normalized spacial score (nSPS) is 10.0. The highest BCUT2D eigenvalue weighted by atomic mass is 35.5. The molecule has 0 fully saturated rings. The Kier molecular flexibility index (Phi) is 4.39. The van der Waals surface area contributed by atoms with Crippen molar-refractivity contribution in [2.75, 3.05) is 14.2 Å². The van der Waals surface area contributed by atoms with Crippen LogP contribution < -0.4 is 14.2 Å². The van der Waals surface area contributed by atoms with Crippen LogP contribution in [0, 0.1) is 10.1 Å². The molecule has 1 aromatic heterocycles. The second-order valence-corrected chi connectivity index (χ2v) is 4.10. The minimum atomic E-state index is -0.679. The van der Waals surface area contributed by atoms with Gasteiger partial charge in [0.2, 0.25) is 0 Å². The van der Waals surface area contributed by atoms with Crippen LogP contribution in [0.5, 0.6) is 23.3 Å². The van der Waals surface area contributed by atoms with Crippen LogP contribution in [0.3, 0.4) is 0 Å². The summed E-state index contributed by atoms with van der Waals surface area (Å²) in [7, 11) is 2.71. The second kappa shape index (κ2) is 6.23. The lowest BCUT2D eigenvalue weighted by Crippen LogP contribution is -2.01. The molecule has 8 nitrogen and oxygen atoms in total. The first-order valence-electron chi connectivity index (χ1n) is 5.61. The summed E-state index contributed by atoms with van der Waals surface area (Å²) in [4.78, 5) is 17.8. The molecule has 0 saturated heterocycles. The monoisotopic (exact) mass is 311 g/mol. The van der Waals surface area contributed by atoms with Gasteiger partial charge in [-0.1, -0.05) is 11.6 Å². The molecule has 0 bridgehead atoms. The predicted molar refractivity (Wildman–Crippen MR) is 73.3 cm³/mol. The molecule has 1 heterocycles. The maximum Gasteiger partial charge on any atom is 0.392 e. The molecule has 0 atom stereocenters. The van der Waals surface area contributed by atoms with Gasteiger partial charge in [-0.25, -0.2) is 0 Å². The smallest absolute Gasteiger partial charge is 0.392 e. The number of nitrogens with zero attached hydrogens (tertiary/aromatic N) is 3. The van der Waals surface area contributed by atoms with E-state index in [4.69, 9.17) is 25.8 Å². The highest BCUT2D eigenvalue weighted by Gasteiger charge is 2.26. The molecule has 110 valence electrons. The van der Waals surface area contributed by atoms with Gasteiger partial charge in [0.25, 0.3) is 0 Å². The van der Waals surface area contributed by atoms with E-state index in [0.29, 0.717) is 10.8 Å². The quantitative estimate of drug-likeness (QED) is 0.618. The van der Waals surface area contributed by atoms with Crippen molar-refractivity contribution in [2.24, 2.45) is 0 Å². The molecule has 2 rings (SSSR count). The number of hydrogen-bond acceptors (Lipinski definition) is 7. The fourth-order valence-electron chi connectivity index (χ4n) is 1.54. The van der Waals surface area contributed by atoms with Crippen LogP contribution in [0.4, 0.5) is 5.69 Å². The summed E-state index contributed by atoms with van der Waals surface area (Å²) >= 11 is 5.89. The Bertz CT molecular complexity index is 680. The van der Waals surface area contributed by atoms with Gasteiger partial charge in [-0.15, -0.1) is 0 Å². The van der Waals surface area contributed by atoms with Crippen LogP contribution in [-0.4, -0.2) is 29.1 Å². The number of rotatable bonds is 5. The fourth-order valence-corrected chi connectivity index (χ4v) is 1.74. The zero-order chi connectivity index (χ0) is 15.4. The molecule has 0 aliphatic rings. The molecular formula is C12H10ClN3O5. The van der Waals surface area contributed by atoms with Crippen LogP contribution in [0.1, 0.15) is 0 Å². The average molecular weight is 312 g/mol. The van der Waals surface area contributed by atoms with E-state index in [1.54, 1.807) is 6.07 Å². The summed E-state index contributed by atoms with van der Waals surface area (Å²) in [5.41, 5.74) is -0.464. The average Bonchev–Trinajstić information content (AvgIpc) is 2.48. The van der Waals surface area contributed by atoms with Crippen molar-refractivity contribution < 1.29 is 19.1 Å². The molecule has 0 N–H and O–H groups in total. The van der Waals surface area contributed by atoms with Gasteiger partial charge in [-0.2, -0.15) is 9.97 Å². The number of hydrogen-bond donors (Lipinski definition) is 0. The molecule has 2 aromatic rings. The SMILES string of the molecule is COc1cc(Oc2ncnc(OC)c2[N+](=O)[O-])ccc1Cl. The van der Waals surface area contributed by atoms with Gasteiger partial charge in [0.15, 0.2) is 0 Å². The molecule has 9 heteroatoms. The minimum absolute atomic E-state index is 0.189. The number of halogens is 1. The van der Waals surface area contributed by atoms with E-state index < -0.39 is 10.6 Å². The van der Waals surface area contributed by atoms with E-state index in [1.807, 2.05) is 0 Å². The summed E-state index contributed by atoms with van der Waals surface area (Å²) < 4.78 is 15.3. The molecule has 0 radical (unpaired) electrons. The van der Waals surface area contributed by atoms with Crippen LogP contribution in [0.15, 0.2) is 24.5 Å². The van der Waals surface area contributed by atoms with Crippen molar-refractivity contribution >= 4 is 17.3 Å². The van der Waals surface area contributed by atoms with Crippen LogP contribution in [0.25, 0.3) is 0 Å². The molecular weight excluding hydrogens is 302 g/mol. The summed E-state index contributed by atoms with van der Waals surface area (Å²) in [5.74, 6) is 0.222. The lowest BCUT2D eigenvalue weighted by atomic mass is 10.3. The van der Waals surface area contributed by atoms with Crippen molar-refractivity contribution in [1.29, 1.82) is 0 Å². The first kappa shape index (κ1) is 14.8. The Morgan fingerprint density at radius 2 is 1.90 bits per heavy atom. The van der Waals surface area contributed by atoms with E-state index in [9.17, 15) is 10.1 Å². The molecule has 0 amide bonds. The Hall–Kier alpha value is -2.61. The number of ether oxygens (including phenoxy) is 3. The minimum Gasteiger partial charge on any atom is -0.495 e. The third-order valence-corrected chi connectivity index (χ3v) is 2.78. The van der Waals surface area contributed by atoms with Gasteiger partial charge in [0.05, 0.1) is 24.2 Å². The number of methoxy groups -OCH3 is 2. The molecule has 0 aliphatic carbocycles. The third-order valence-electron chi connectivity index (χ3n) is 2.47. The van der Waals surface area contributed by atoms with Crippen molar-refractivity contribution in [3.05, 3.63) is 39.7 Å². The van der Waals surface area contributed by atoms with E-state index >= 15 is 0 Å². The molecule has 0 aliphatic heterocycles. The second-order valence-electron chi connectivity index (χ2n) is 3.69. The number of nitro groups is 1. The largest absolute Gasteiger partial charge is 0.495 e. The van der Waals surface area contributed by atoms with Gasteiger partial charge in [-0.05, 0) is 12.1 Å². The van der Waals surface area contributed by atoms with E-state index in [-0.39, 0.29) is 17.5 Å². The van der Waals surface area contributed by atoms with E-state index in [0.717, 1.165) is 6.33 Å². The Labute approximate surface area is 124 Å². The highest BCUT2D eigenvalue weighted by molar-refractivity contribution is 6.32. The summed E-state index contributed by atoms with van der Waals surface area (Å²) in [6.45, 7) is 0. The number of aromatic nitrogens is 2. The van der Waals surface area contributed by atoms with Gasteiger partial charge in [0, 0.05) is 6.07 Å². The standard InChI is InChI=1S/C12H10ClN3O5/c1-19-9-5-7(3-4-8(9)13)21-12-10(16(17)18)11(20-2)14-6-15-12/h3-6H,1-2H3. The Morgan fingerprint density at radius 3 is 2.52 bits per heavy atom. The highest BCUT2D eigenvalue weighted by Crippen LogP contribution is 2.37. The van der Waals surface area contributed by atoms with Gasteiger partial charge in [-0.3, -0.25) is 10.1 Å². The first-order valence-corrected chi connectivity index (χ1v) is 5.99. The maximum absolute atomic E-state index is 11.1. The lowest BCUT2D eigenvalue weighted by molar-refractivity contribution is -0.387. The zero-order valence-corrected chi connectivity index (χ0v) is 11.8. The first-order chi connectivity index (χ1) is 10.1. The summed E-state index contributed by atoms with van der Waals surface area (Å²) in [6.07, 6.45) is 1.11.